The molecule has 0 unspecified atom stereocenters. The second-order valence-corrected chi connectivity index (χ2v) is 7.15. The zero-order chi connectivity index (χ0) is 17.4. The molecule has 2 aromatic rings. The van der Waals surface area contributed by atoms with Crippen molar-refractivity contribution in [1.82, 2.24) is 19.7 Å². The number of aromatic nitrogens is 3. The summed E-state index contributed by atoms with van der Waals surface area (Å²) >= 11 is 0. The fourth-order valence-electron chi connectivity index (χ4n) is 3.34. The third-order valence-corrected chi connectivity index (χ3v) is 4.75. The number of amides is 1. The van der Waals surface area contributed by atoms with Crippen LogP contribution in [-0.4, -0.2) is 49.9 Å². The lowest BCUT2D eigenvalue weighted by Gasteiger charge is -2.23. The van der Waals surface area contributed by atoms with E-state index in [1.807, 2.05) is 10.7 Å². The number of likely N-dealkylation sites (tertiary alicyclic amines) is 1. The fraction of sp³-hybridized carbons (Fsp3) is 0.611. The van der Waals surface area contributed by atoms with E-state index >= 15 is 0 Å². The van der Waals surface area contributed by atoms with Crippen LogP contribution in [0.4, 0.5) is 0 Å². The smallest absolute Gasteiger partial charge is 0.255 e. The maximum Gasteiger partial charge on any atom is 0.255 e. The summed E-state index contributed by atoms with van der Waals surface area (Å²) in [5.41, 5.74) is 2.31. The molecule has 130 valence electrons. The van der Waals surface area contributed by atoms with Gasteiger partial charge in [-0.25, -0.2) is 9.67 Å². The number of carbonyl (C=O) groups excluding carboxylic acids is 1. The molecule has 0 radical (unpaired) electrons. The Kier molecular flexibility index (Phi) is 4.58. The molecule has 1 N–H and O–H groups in total. The Morgan fingerprint density at radius 3 is 2.75 bits per heavy atom. The first-order valence-electron chi connectivity index (χ1n) is 8.74. The van der Waals surface area contributed by atoms with E-state index in [0.717, 1.165) is 29.6 Å². The predicted octanol–water partition coefficient (Wildman–Crippen LogP) is 2.73. The molecule has 1 atom stereocenters. The minimum Gasteiger partial charge on any atom is -0.394 e. The first kappa shape index (κ1) is 16.9. The van der Waals surface area contributed by atoms with Crippen molar-refractivity contribution < 1.29 is 9.90 Å². The second-order valence-electron chi connectivity index (χ2n) is 7.15. The van der Waals surface area contributed by atoms with Gasteiger partial charge in [-0.15, -0.1) is 0 Å². The topological polar surface area (TPSA) is 71.2 Å². The number of hydrogen-bond donors (Lipinski definition) is 1. The molecule has 0 saturated carbocycles. The summed E-state index contributed by atoms with van der Waals surface area (Å²) in [6.07, 6.45) is 3.54. The van der Waals surface area contributed by atoms with E-state index in [2.05, 4.69) is 32.8 Å². The van der Waals surface area contributed by atoms with Gasteiger partial charge >= 0.3 is 0 Å². The van der Waals surface area contributed by atoms with Gasteiger partial charge in [-0.05, 0) is 38.7 Å². The first-order valence-corrected chi connectivity index (χ1v) is 8.74. The van der Waals surface area contributed by atoms with Crippen molar-refractivity contribution in [2.75, 3.05) is 13.2 Å². The molecule has 0 spiro atoms. The van der Waals surface area contributed by atoms with Gasteiger partial charge in [-0.1, -0.05) is 13.8 Å². The third-order valence-electron chi connectivity index (χ3n) is 4.75. The van der Waals surface area contributed by atoms with Gasteiger partial charge in [0.25, 0.3) is 5.91 Å². The number of fused-ring (bicyclic) bond motifs is 1. The fourth-order valence-corrected chi connectivity index (χ4v) is 3.34. The highest BCUT2D eigenvalue weighted by Crippen LogP contribution is 2.27. The molecular formula is C18H26N4O2. The second kappa shape index (κ2) is 6.51. The molecule has 6 heteroatoms. The number of hydrogen-bond acceptors (Lipinski definition) is 4. The van der Waals surface area contributed by atoms with E-state index in [0.29, 0.717) is 12.1 Å². The molecule has 3 heterocycles. The Bertz CT molecular complexity index is 751. The van der Waals surface area contributed by atoms with Crippen LogP contribution < -0.4 is 0 Å². The highest BCUT2D eigenvalue weighted by molar-refractivity contribution is 6.05. The van der Waals surface area contributed by atoms with Crippen LogP contribution in [0.3, 0.4) is 0 Å². The van der Waals surface area contributed by atoms with Crippen LogP contribution in [0.5, 0.6) is 0 Å². The van der Waals surface area contributed by atoms with Gasteiger partial charge in [-0.2, -0.15) is 5.10 Å². The molecule has 2 aromatic heterocycles. The Morgan fingerprint density at radius 1 is 1.38 bits per heavy atom. The van der Waals surface area contributed by atoms with Crippen LogP contribution in [-0.2, 0) is 0 Å². The van der Waals surface area contributed by atoms with Crippen LogP contribution in [0.2, 0.25) is 0 Å². The van der Waals surface area contributed by atoms with Crippen molar-refractivity contribution in [3.8, 4) is 0 Å². The van der Waals surface area contributed by atoms with Crippen molar-refractivity contribution in [3.63, 3.8) is 0 Å². The lowest BCUT2D eigenvalue weighted by molar-refractivity contribution is 0.0679. The molecule has 24 heavy (non-hydrogen) atoms. The monoisotopic (exact) mass is 330 g/mol. The largest absolute Gasteiger partial charge is 0.394 e. The van der Waals surface area contributed by atoms with Gasteiger partial charge in [0.05, 0.1) is 29.8 Å². The molecule has 1 fully saturated rings. The Morgan fingerprint density at radius 2 is 2.12 bits per heavy atom. The molecule has 1 amide bonds. The maximum absolute atomic E-state index is 13.1. The van der Waals surface area contributed by atoms with Crippen molar-refractivity contribution >= 4 is 16.9 Å². The molecule has 0 aliphatic carbocycles. The van der Waals surface area contributed by atoms with Gasteiger partial charge in [-0.3, -0.25) is 4.79 Å². The molecule has 1 saturated heterocycles. The zero-order valence-electron chi connectivity index (χ0n) is 14.9. The quantitative estimate of drug-likeness (QED) is 0.935. The summed E-state index contributed by atoms with van der Waals surface area (Å²) in [5.74, 6) is 0.202. The number of aliphatic hydroxyl groups is 1. The average molecular weight is 330 g/mol. The molecule has 0 bridgehead atoms. The van der Waals surface area contributed by atoms with E-state index in [9.17, 15) is 9.90 Å². The highest BCUT2D eigenvalue weighted by atomic mass is 16.3. The lowest BCUT2D eigenvalue weighted by Crippen LogP contribution is -2.37. The molecule has 1 aliphatic heterocycles. The standard InChI is InChI=1S/C18H26N4O2/c1-11(2)16-8-14(18(24)21-7-5-6-13(21)10-23)15-9-19-22(12(3)4)17(15)20-16/h8-9,11-13,23H,5-7,10H2,1-4H3/t13-/m1/s1. The Balaban J connectivity index is 2.14. The summed E-state index contributed by atoms with van der Waals surface area (Å²) in [4.78, 5) is 19.7. The summed E-state index contributed by atoms with van der Waals surface area (Å²) in [5, 5.41) is 14.8. The van der Waals surface area contributed by atoms with Gasteiger partial charge in [0.2, 0.25) is 0 Å². The van der Waals surface area contributed by atoms with Crippen LogP contribution in [0.25, 0.3) is 11.0 Å². The van der Waals surface area contributed by atoms with E-state index in [4.69, 9.17) is 4.98 Å². The summed E-state index contributed by atoms with van der Waals surface area (Å²) in [7, 11) is 0. The first-order chi connectivity index (χ1) is 11.4. The van der Waals surface area contributed by atoms with Crippen molar-refractivity contribution in [3.05, 3.63) is 23.5 Å². The maximum atomic E-state index is 13.1. The zero-order valence-corrected chi connectivity index (χ0v) is 14.9. The van der Waals surface area contributed by atoms with Crippen LogP contribution in [0, 0.1) is 0 Å². The molecule has 1 aliphatic rings. The predicted molar refractivity (Wildman–Crippen MR) is 93.1 cm³/mol. The van der Waals surface area contributed by atoms with Gasteiger partial charge in [0.15, 0.2) is 5.65 Å². The van der Waals surface area contributed by atoms with Crippen LogP contribution in [0.15, 0.2) is 12.3 Å². The van der Waals surface area contributed by atoms with Crippen molar-refractivity contribution in [2.24, 2.45) is 0 Å². The van der Waals surface area contributed by atoms with E-state index < -0.39 is 0 Å². The Labute approximate surface area is 142 Å². The molecule has 6 nitrogen and oxygen atoms in total. The van der Waals surface area contributed by atoms with Crippen molar-refractivity contribution in [2.45, 2.75) is 58.5 Å². The summed E-state index contributed by atoms with van der Waals surface area (Å²) in [6.45, 7) is 8.97. The lowest BCUT2D eigenvalue weighted by atomic mass is 10.0. The minimum atomic E-state index is -0.0802. The average Bonchev–Trinajstić information content (AvgIpc) is 3.19. The van der Waals surface area contributed by atoms with Crippen molar-refractivity contribution in [1.29, 1.82) is 0 Å². The number of aliphatic hydroxyl groups excluding tert-OH is 1. The van der Waals surface area contributed by atoms with Crippen LogP contribution >= 0.6 is 0 Å². The molecule has 0 aromatic carbocycles. The summed E-state index contributed by atoms with van der Waals surface area (Å²) < 4.78 is 1.87. The van der Waals surface area contributed by atoms with Gasteiger partial charge < -0.3 is 10.0 Å². The number of carbonyl (C=O) groups is 1. The van der Waals surface area contributed by atoms with E-state index in [1.165, 1.54) is 0 Å². The molecular weight excluding hydrogens is 304 g/mol. The third kappa shape index (κ3) is 2.79. The number of pyridine rings is 1. The molecule has 3 rings (SSSR count). The summed E-state index contributed by atoms with van der Waals surface area (Å²) in [6, 6.07) is 2.00. The van der Waals surface area contributed by atoms with E-state index in [1.54, 1.807) is 11.1 Å². The Hall–Kier alpha value is -1.95. The van der Waals surface area contributed by atoms with Gasteiger partial charge in [0.1, 0.15) is 0 Å². The van der Waals surface area contributed by atoms with Crippen LogP contribution in [0.1, 0.15) is 68.5 Å². The van der Waals surface area contributed by atoms with Gasteiger partial charge in [0, 0.05) is 18.3 Å². The minimum absolute atomic E-state index is 0.0161. The number of rotatable bonds is 4. The number of nitrogens with zero attached hydrogens (tertiary/aromatic N) is 4. The normalized spacial score (nSPS) is 18.3. The van der Waals surface area contributed by atoms with E-state index in [-0.39, 0.29) is 30.5 Å². The SMILES string of the molecule is CC(C)c1cc(C(=O)N2CCC[C@@H]2CO)c2cnn(C(C)C)c2n1. The highest BCUT2D eigenvalue weighted by Gasteiger charge is 2.30.